The summed E-state index contributed by atoms with van der Waals surface area (Å²) in [6, 6.07) is 2.90. The molecule has 0 spiro atoms. The van der Waals surface area contributed by atoms with Gasteiger partial charge in [-0.3, -0.25) is 0 Å². The number of nitrogens with zero attached hydrogens (tertiary/aromatic N) is 1. The monoisotopic (exact) mass is 320 g/mol. The fourth-order valence-electron chi connectivity index (χ4n) is 1.19. The molecule has 98 valence electrons. The van der Waals surface area contributed by atoms with Gasteiger partial charge < -0.3 is 0 Å². The van der Waals surface area contributed by atoms with Crippen LogP contribution in [-0.4, -0.2) is 34.4 Å². The van der Waals surface area contributed by atoms with Crippen molar-refractivity contribution in [3.8, 4) is 0 Å². The standard InChI is InChI=1S/C8H9AsN2O7/c1-5(12)10-7-3-2-6(9(13,14)18-17)4-8(7)11(15)16/h2-4,17H,1H3,(H,10,12)(H,13,14). The summed E-state index contributed by atoms with van der Waals surface area (Å²) in [6.45, 7) is 1.16. The molecule has 1 aromatic rings. The molecule has 1 amide bonds. The molecule has 18 heavy (non-hydrogen) atoms. The van der Waals surface area contributed by atoms with Crippen LogP contribution in [0, 0.1) is 10.1 Å². The van der Waals surface area contributed by atoms with Crippen molar-refractivity contribution in [1.29, 1.82) is 0 Å². The van der Waals surface area contributed by atoms with Crippen LogP contribution in [0.2, 0.25) is 0 Å². The number of hydrogen-bond donors (Lipinski definition) is 3. The fourth-order valence-corrected chi connectivity index (χ4v) is 2.54. The van der Waals surface area contributed by atoms with Crippen molar-refractivity contribution < 1.29 is 26.7 Å². The third kappa shape index (κ3) is 3.17. The summed E-state index contributed by atoms with van der Waals surface area (Å²) in [5.41, 5.74) is -0.694. The first-order chi connectivity index (χ1) is 8.27. The van der Waals surface area contributed by atoms with Gasteiger partial charge >= 0.3 is 103 Å². The molecule has 0 saturated carbocycles. The molecule has 0 radical (unpaired) electrons. The molecule has 1 atom stereocenters. The van der Waals surface area contributed by atoms with Crippen molar-refractivity contribution in [3.63, 3.8) is 0 Å². The second-order valence-corrected chi connectivity index (χ2v) is 6.85. The van der Waals surface area contributed by atoms with E-state index in [1.807, 2.05) is 0 Å². The van der Waals surface area contributed by atoms with E-state index in [2.05, 4.69) is 9.19 Å². The zero-order chi connectivity index (χ0) is 13.9. The van der Waals surface area contributed by atoms with Gasteiger partial charge in [-0.1, -0.05) is 0 Å². The van der Waals surface area contributed by atoms with Crippen molar-refractivity contribution in [2.45, 2.75) is 6.92 Å². The average molecular weight is 320 g/mol. The number of rotatable bonds is 4. The van der Waals surface area contributed by atoms with Crippen LogP contribution in [0.3, 0.4) is 0 Å². The van der Waals surface area contributed by atoms with E-state index in [1.54, 1.807) is 0 Å². The molecule has 0 saturated heterocycles. The van der Waals surface area contributed by atoms with Gasteiger partial charge in [0.2, 0.25) is 0 Å². The molecule has 3 N–H and O–H groups in total. The summed E-state index contributed by atoms with van der Waals surface area (Å²) in [6.07, 6.45) is 0. The van der Waals surface area contributed by atoms with Gasteiger partial charge in [-0.25, -0.2) is 0 Å². The van der Waals surface area contributed by atoms with E-state index in [-0.39, 0.29) is 5.69 Å². The van der Waals surface area contributed by atoms with Crippen molar-refractivity contribution in [2.24, 2.45) is 0 Å². The Kier molecular flexibility index (Phi) is 4.25. The normalized spacial score (nSPS) is 13.7. The van der Waals surface area contributed by atoms with Gasteiger partial charge in [0.15, 0.2) is 0 Å². The zero-order valence-corrected chi connectivity index (χ0v) is 10.9. The van der Waals surface area contributed by atoms with Crippen LogP contribution in [0.25, 0.3) is 0 Å². The zero-order valence-electron chi connectivity index (χ0n) is 9.06. The molecule has 0 aliphatic rings. The summed E-state index contributed by atoms with van der Waals surface area (Å²) in [4.78, 5) is 20.8. The van der Waals surface area contributed by atoms with Gasteiger partial charge in [0, 0.05) is 0 Å². The summed E-state index contributed by atoms with van der Waals surface area (Å²) >= 11 is -5.16. The summed E-state index contributed by atoms with van der Waals surface area (Å²) in [5.74, 6) is -0.526. The van der Waals surface area contributed by atoms with Crippen molar-refractivity contribution in [1.82, 2.24) is 0 Å². The molecule has 10 heteroatoms. The Hall–Kier alpha value is -1.67. The molecular weight excluding hydrogens is 311 g/mol. The predicted octanol–water partition coefficient (Wildman–Crippen LogP) is -0.389. The van der Waals surface area contributed by atoms with E-state index in [0.29, 0.717) is 0 Å². The number of nitrogens with one attached hydrogen (secondary N) is 1. The maximum absolute atomic E-state index is 11.3. The minimum absolute atomic E-state index is 0.121. The first kappa shape index (κ1) is 14.4. The van der Waals surface area contributed by atoms with Crippen LogP contribution in [-0.2, 0) is 12.4 Å². The molecule has 0 heterocycles. The number of nitro groups is 1. The number of benzene rings is 1. The molecule has 1 aromatic carbocycles. The molecule has 9 nitrogen and oxygen atoms in total. The predicted molar refractivity (Wildman–Crippen MR) is 59.4 cm³/mol. The van der Waals surface area contributed by atoms with Crippen molar-refractivity contribution in [3.05, 3.63) is 28.3 Å². The molecular formula is C8H9AsN2O7. The second kappa shape index (κ2) is 5.32. The molecule has 1 unspecified atom stereocenters. The topological polar surface area (TPSA) is 139 Å². The minimum atomic E-state index is -5.16. The summed E-state index contributed by atoms with van der Waals surface area (Å²) in [5, 5.41) is 21.2. The number of nitro benzene ring substituents is 1. The quantitative estimate of drug-likeness (QED) is 0.297. The van der Waals surface area contributed by atoms with Gasteiger partial charge in [0.05, 0.1) is 0 Å². The van der Waals surface area contributed by atoms with E-state index in [1.165, 1.54) is 0 Å². The first-order valence-electron chi connectivity index (χ1n) is 4.50. The Morgan fingerprint density at radius 1 is 1.56 bits per heavy atom. The Morgan fingerprint density at radius 2 is 2.17 bits per heavy atom. The Labute approximate surface area is 103 Å². The van der Waals surface area contributed by atoms with Crippen LogP contribution >= 0.6 is 0 Å². The SMILES string of the molecule is CC(=O)Nc1ccc([As](=O)(O)OO)cc1[N+](=O)[O-]. The molecule has 0 aliphatic carbocycles. The van der Waals surface area contributed by atoms with E-state index in [0.717, 1.165) is 25.1 Å². The number of carbonyl (C=O) groups is 1. The van der Waals surface area contributed by atoms with Crippen LogP contribution in [0.4, 0.5) is 11.4 Å². The van der Waals surface area contributed by atoms with Gasteiger partial charge in [-0.15, -0.1) is 0 Å². The van der Waals surface area contributed by atoms with Gasteiger partial charge in [-0.2, -0.15) is 0 Å². The van der Waals surface area contributed by atoms with Gasteiger partial charge in [0.25, 0.3) is 0 Å². The van der Waals surface area contributed by atoms with Crippen LogP contribution < -0.4 is 9.67 Å². The van der Waals surface area contributed by atoms with Crippen molar-refractivity contribution >= 4 is 35.8 Å². The Balaban J connectivity index is 3.32. The number of hydrogen-bond acceptors (Lipinski definition) is 6. The number of anilines is 1. The molecule has 1 rings (SSSR count). The fraction of sp³-hybridized carbons (Fsp3) is 0.125. The molecule has 0 bridgehead atoms. The third-order valence-electron chi connectivity index (χ3n) is 1.93. The van der Waals surface area contributed by atoms with Crippen LogP contribution in [0.15, 0.2) is 18.2 Å². The van der Waals surface area contributed by atoms with Crippen molar-refractivity contribution in [2.75, 3.05) is 5.32 Å². The van der Waals surface area contributed by atoms with E-state index >= 15 is 0 Å². The molecule has 0 aromatic heterocycles. The van der Waals surface area contributed by atoms with E-state index in [4.69, 9.17) is 5.26 Å². The van der Waals surface area contributed by atoms with Crippen LogP contribution in [0.5, 0.6) is 0 Å². The van der Waals surface area contributed by atoms with Gasteiger partial charge in [-0.05, 0) is 0 Å². The number of carbonyl (C=O) groups excluding carboxylic acids is 1. The molecule has 0 aliphatic heterocycles. The average Bonchev–Trinajstić information content (AvgIpc) is 2.28. The maximum atomic E-state index is 11.3. The van der Waals surface area contributed by atoms with Gasteiger partial charge in [0.1, 0.15) is 0 Å². The van der Waals surface area contributed by atoms with E-state index < -0.39 is 35.0 Å². The van der Waals surface area contributed by atoms with Crippen LogP contribution in [0.1, 0.15) is 6.92 Å². The summed E-state index contributed by atoms with van der Waals surface area (Å²) in [7, 11) is 0. The Morgan fingerprint density at radius 3 is 2.61 bits per heavy atom. The summed E-state index contributed by atoms with van der Waals surface area (Å²) < 4.78 is 23.6. The number of amides is 1. The molecule has 0 fully saturated rings. The Bertz CT molecular complexity index is 544. The van der Waals surface area contributed by atoms with E-state index in [9.17, 15) is 22.7 Å². The third-order valence-corrected chi connectivity index (χ3v) is 4.34. The first-order valence-corrected chi connectivity index (χ1v) is 7.81. The second-order valence-electron chi connectivity index (χ2n) is 3.24.